The minimum absolute atomic E-state index is 0.130. The fourth-order valence-corrected chi connectivity index (χ4v) is 3.77. The lowest BCUT2D eigenvalue weighted by atomic mass is 9.84. The van der Waals surface area contributed by atoms with Gasteiger partial charge in [-0.1, -0.05) is 19.1 Å². The maximum atomic E-state index is 10.3. The van der Waals surface area contributed by atoms with Crippen LogP contribution in [0.4, 0.5) is 0 Å². The molecule has 1 fully saturated rings. The number of aliphatic hydroxyl groups is 3. The zero-order valence-corrected chi connectivity index (χ0v) is 15.3. The number of aliphatic imine (C=N–C) groups is 3. The van der Waals surface area contributed by atoms with Gasteiger partial charge in [-0.05, 0) is 17.7 Å². The predicted octanol–water partition coefficient (Wildman–Crippen LogP) is -1.26. The van der Waals surface area contributed by atoms with Gasteiger partial charge in [0.1, 0.15) is 42.8 Å². The van der Waals surface area contributed by atoms with Crippen LogP contribution in [-0.2, 0) is 4.74 Å². The van der Waals surface area contributed by atoms with Crippen molar-refractivity contribution in [2.45, 2.75) is 43.0 Å². The van der Waals surface area contributed by atoms with Crippen LogP contribution in [0.15, 0.2) is 39.2 Å². The van der Waals surface area contributed by atoms with Gasteiger partial charge in [0.05, 0.1) is 6.61 Å². The Labute approximate surface area is 161 Å². The summed E-state index contributed by atoms with van der Waals surface area (Å²) in [6, 6.07) is 6.71. The van der Waals surface area contributed by atoms with Crippen molar-refractivity contribution >= 4 is 17.9 Å². The summed E-state index contributed by atoms with van der Waals surface area (Å²) in [5.74, 6) is 0.293. The number of benzene rings is 1. The molecule has 6 atom stereocenters. The molecule has 3 aliphatic rings. The Morgan fingerprint density at radius 3 is 2.64 bits per heavy atom. The zero-order chi connectivity index (χ0) is 20.1. The monoisotopic (exact) mass is 389 g/mol. The summed E-state index contributed by atoms with van der Waals surface area (Å²) >= 11 is 0. The van der Waals surface area contributed by atoms with E-state index in [1.807, 2.05) is 6.92 Å². The average molecular weight is 389 g/mol. The van der Waals surface area contributed by atoms with Gasteiger partial charge in [-0.2, -0.15) is 0 Å². The molecule has 0 saturated carbocycles. The summed E-state index contributed by atoms with van der Waals surface area (Å²) in [5.41, 5.74) is 6.77. The first-order chi connectivity index (χ1) is 13.4. The number of amidine groups is 1. The molecule has 0 aliphatic carbocycles. The highest BCUT2D eigenvalue weighted by atomic mass is 16.6. The molecule has 0 bridgehead atoms. The summed E-state index contributed by atoms with van der Waals surface area (Å²) in [6.45, 7) is 1.62. The Morgan fingerprint density at radius 1 is 1.29 bits per heavy atom. The van der Waals surface area contributed by atoms with Crippen LogP contribution >= 0.6 is 0 Å². The van der Waals surface area contributed by atoms with Crippen molar-refractivity contribution in [2.75, 3.05) is 13.3 Å². The van der Waals surface area contributed by atoms with Crippen molar-refractivity contribution in [3.05, 3.63) is 29.8 Å². The molecule has 6 N–H and O–H groups in total. The third-order valence-electron chi connectivity index (χ3n) is 5.57. The van der Waals surface area contributed by atoms with E-state index in [1.165, 1.54) is 6.34 Å². The normalized spacial score (nSPS) is 35.5. The van der Waals surface area contributed by atoms with Gasteiger partial charge in [0.15, 0.2) is 17.7 Å². The minimum Gasteiger partial charge on any atom is -0.508 e. The molecule has 10 nitrogen and oxygen atoms in total. The molecule has 28 heavy (non-hydrogen) atoms. The van der Waals surface area contributed by atoms with Gasteiger partial charge >= 0.3 is 0 Å². The summed E-state index contributed by atoms with van der Waals surface area (Å²) in [5, 5.41) is 39.2. The second-order valence-corrected chi connectivity index (χ2v) is 7.18. The van der Waals surface area contributed by atoms with Crippen LogP contribution in [0.3, 0.4) is 0 Å². The first-order valence-corrected chi connectivity index (χ1v) is 9.00. The Balaban J connectivity index is 1.60. The van der Waals surface area contributed by atoms with Gasteiger partial charge in [-0.15, -0.1) is 0 Å². The van der Waals surface area contributed by atoms with Crippen molar-refractivity contribution in [3.63, 3.8) is 0 Å². The van der Waals surface area contributed by atoms with E-state index in [1.54, 1.807) is 29.2 Å². The maximum Gasteiger partial charge on any atom is 0.162 e. The molecule has 1 aromatic carbocycles. The van der Waals surface area contributed by atoms with Gasteiger partial charge in [0.25, 0.3) is 0 Å². The molecule has 4 rings (SSSR count). The number of nitrogens with two attached hydrogens (primary N) is 1. The van der Waals surface area contributed by atoms with E-state index in [9.17, 15) is 20.4 Å². The van der Waals surface area contributed by atoms with Crippen LogP contribution in [0.5, 0.6) is 5.75 Å². The molecule has 0 aromatic heterocycles. The van der Waals surface area contributed by atoms with Crippen molar-refractivity contribution in [3.8, 4) is 5.75 Å². The van der Waals surface area contributed by atoms with Crippen LogP contribution in [0.2, 0.25) is 0 Å². The smallest absolute Gasteiger partial charge is 0.162 e. The third kappa shape index (κ3) is 2.81. The number of ether oxygens (including phenoxy) is 1. The average Bonchev–Trinajstić information content (AvgIpc) is 3.24. The molecular formula is C18H23N5O5. The number of nitrogens with zero attached hydrogens (tertiary/aromatic N) is 4. The highest BCUT2D eigenvalue weighted by Gasteiger charge is 2.51. The molecule has 1 aromatic rings. The van der Waals surface area contributed by atoms with Crippen LogP contribution < -0.4 is 5.73 Å². The lowest BCUT2D eigenvalue weighted by molar-refractivity contribution is -0.0688. The topological polar surface area (TPSA) is 156 Å². The first kappa shape index (κ1) is 19.0. The number of phenols is 1. The van der Waals surface area contributed by atoms with Crippen LogP contribution in [0.1, 0.15) is 18.4 Å². The molecule has 10 heteroatoms. The number of hydrogen-bond acceptors (Lipinski definition) is 10. The molecule has 0 radical (unpaired) electrons. The highest BCUT2D eigenvalue weighted by Crippen LogP contribution is 2.35. The first-order valence-electron chi connectivity index (χ1n) is 9.00. The van der Waals surface area contributed by atoms with E-state index >= 15 is 0 Å². The fraction of sp³-hybridized carbons (Fsp3) is 0.500. The summed E-state index contributed by atoms with van der Waals surface area (Å²) in [7, 11) is 0. The second kappa shape index (κ2) is 6.90. The molecular weight excluding hydrogens is 366 g/mol. The maximum absolute atomic E-state index is 10.3. The van der Waals surface area contributed by atoms with E-state index in [4.69, 9.17) is 10.5 Å². The Kier molecular flexibility index (Phi) is 4.68. The van der Waals surface area contributed by atoms with Crippen molar-refractivity contribution in [1.82, 2.24) is 4.90 Å². The largest absolute Gasteiger partial charge is 0.508 e. The number of rotatable bonds is 4. The van der Waals surface area contributed by atoms with Gasteiger partial charge in [0.2, 0.25) is 0 Å². The van der Waals surface area contributed by atoms with Crippen molar-refractivity contribution in [1.29, 1.82) is 0 Å². The molecule has 0 spiro atoms. The van der Waals surface area contributed by atoms with Crippen molar-refractivity contribution in [2.24, 2.45) is 20.7 Å². The van der Waals surface area contributed by atoms with Crippen LogP contribution in [0.25, 0.3) is 0 Å². The van der Waals surface area contributed by atoms with E-state index < -0.39 is 36.8 Å². The van der Waals surface area contributed by atoms with Gasteiger partial charge in [-0.25, -0.2) is 9.98 Å². The van der Waals surface area contributed by atoms with Gasteiger partial charge in [0, 0.05) is 5.92 Å². The molecule has 1 saturated heterocycles. The highest BCUT2D eigenvalue weighted by molar-refractivity contribution is 6.47. The number of hydrogen-bond donors (Lipinski definition) is 5. The Morgan fingerprint density at radius 2 is 2.00 bits per heavy atom. The van der Waals surface area contributed by atoms with Crippen LogP contribution in [0, 0.1) is 0 Å². The van der Waals surface area contributed by atoms with Gasteiger partial charge in [-0.3, -0.25) is 4.99 Å². The minimum atomic E-state index is -1.23. The predicted molar refractivity (Wildman–Crippen MR) is 101 cm³/mol. The summed E-state index contributed by atoms with van der Waals surface area (Å²) < 4.78 is 5.60. The van der Waals surface area contributed by atoms with Crippen LogP contribution in [-0.4, -0.2) is 86.7 Å². The number of aromatic hydroxyl groups is 1. The van der Waals surface area contributed by atoms with Crippen molar-refractivity contribution < 1.29 is 25.2 Å². The third-order valence-corrected chi connectivity index (χ3v) is 5.57. The Bertz CT molecular complexity index is 841. The summed E-state index contributed by atoms with van der Waals surface area (Å²) in [6.07, 6.45) is -2.89. The second-order valence-electron chi connectivity index (χ2n) is 7.18. The van der Waals surface area contributed by atoms with E-state index in [0.29, 0.717) is 11.5 Å². The lowest BCUT2D eigenvalue weighted by Crippen LogP contribution is -2.57. The number of fused-ring (bicyclic) bond motifs is 1. The molecule has 150 valence electrons. The summed E-state index contributed by atoms with van der Waals surface area (Å²) in [4.78, 5) is 14.8. The quantitative estimate of drug-likeness (QED) is 0.430. The lowest BCUT2D eigenvalue weighted by Gasteiger charge is -2.36. The molecule has 2 unspecified atom stereocenters. The number of aliphatic hydroxyl groups excluding tert-OH is 3. The molecule has 3 aliphatic heterocycles. The zero-order valence-electron chi connectivity index (χ0n) is 15.3. The molecule has 0 amide bonds. The SMILES string of the molecule is CC(c1ccc(O)cc1)C1(N)N=CN=C2C1=NCN2[C@@H]1O[C@H](CO)[C@@H](O)[C@H]1O. The Hall–Kier alpha value is -2.37. The standard InChI is InChI=1S/C18H23N5O5/c1-9(10-2-4-11(25)5-3-10)18(19)15-16(20-7-22-18)23(8-21-15)17-14(27)13(26)12(6-24)28-17/h2-5,7,9,12-14,17,24-27H,6,8,19H2,1H3/t9?,12-,13-,14-,17-,18?/m1/s1. The van der Waals surface area contributed by atoms with E-state index in [2.05, 4.69) is 15.0 Å². The molecule has 3 heterocycles. The van der Waals surface area contributed by atoms with E-state index in [0.717, 1.165) is 5.56 Å². The van der Waals surface area contributed by atoms with E-state index in [-0.39, 0.29) is 18.3 Å². The van der Waals surface area contributed by atoms with Gasteiger partial charge < -0.3 is 35.8 Å². The number of phenolic OH excluding ortho intramolecular Hbond substituents is 1. The fourth-order valence-electron chi connectivity index (χ4n) is 3.77.